The summed E-state index contributed by atoms with van der Waals surface area (Å²) < 4.78 is 5.71. The number of rotatable bonds is 3. The third-order valence-corrected chi connectivity index (χ3v) is 5.83. The van der Waals surface area contributed by atoms with Gasteiger partial charge in [0, 0.05) is 24.7 Å². The van der Waals surface area contributed by atoms with Crippen molar-refractivity contribution in [3.8, 4) is 28.8 Å². The molecule has 3 rings (SSSR count). The molecule has 0 aliphatic carbocycles. The van der Waals surface area contributed by atoms with Crippen molar-refractivity contribution in [1.82, 2.24) is 9.88 Å². The Bertz CT molecular complexity index is 1030. The van der Waals surface area contributed by atoms with E-state index in [4.69, 9.17) is 10.5 Å². The molecule has 2 amide bonds. The average Bonchev–Trinajstić information content (AvgIpc) is 3.12. The van der Waals surface area contributed by atoms with Crippen LogP contribution in [0.2, 0.25) is 0 Å². The predicted octanol–water partition coefficient (Wildman–Crippen LogP) is 0.700. The van der Waals surface area contributed by atoms with Crippen molar-refractivity contribution in [2.45, 2.75) is 25.6 Å². The highest BCUT2D eigenvalue weighted by Gasteiger charge is 2.36. The molecule has 2 aromatic rings. The standard InChI is InChI=1S/C20H21N3O5S/c1-4-23(3)19(26)13(24)7-5-11-6-8-14-12(9-11)15-16(20(2,27)10-28-14)29-18(22-15)17(21)25/h6,8-9,13,24,27H,4,10H2,1-3H3,(H2,21,25). The zero-order valence-electron chi connectivity index (χ0n) is 16.2. The molecule has 0 radical (unpaired) electrons. The molecule has 1 aliphatic rings. The normalized spacial score (nSPS) is 18.2. The van der Waals surface area contributed by atoms with Gasteiger partial charge in [0.2, 0.25) is 0 Å². The molecule has 0 fully saturated rings. The van der Waals surface area contributed by atoms with Crippen LogP contribution < -0.4 is 10.5 Å². The number of aliphatic hydroxyl groups is 2. The van der Waals surface area contributed by atoms with E-state index in [1.165, 1.54) is 4.90 Å². The predicted molar refractivity (Wildman–Crippen MR) is 107 cm³/mol. The van der Waals surface area contributed by atoms with Crippen molar-refractivity contribution in [3.05, 3.63) is 33.6 Å². The summed E-state index contributed by atoms with van der Waals surface area (Å²) in [6.07, 6.45) is -1.44. The molecular formula is C20H21N3O5S. The molecule has 0 saturated carbocycles. The molecule has 1 aliphatic heterocycles. The van der Waals surface area contributed by atoms with Crippen molar-refractivity contribution in [3.63, 3.8) is 0 Å². The van der Waals surface area contributed by atoms with Crippen LogP contribution in [0.3, 0.4) is 0 Å². The fraction of sp³-hybridized carbons (Fsp3) is 0.350. The number of benzene rings is 1. The molecular weight excluding hydrogens is 394 g/mol. The topological polar surface area (TPSA) is 126 Å². The lowest BCUT2D eigenvalue weighted by atomic mass is 10.0. The van der Waals surface area contributed by atoms with Crippen LogP contribution in [0.15, 0.2) is 18.2 Å². The van der Waals surface area contributed by atoms with E-state index in [2.05, 4.69) is 16.8 Å². The van der Waals surface area contributed by atoms with Crippen LogP contribution in [-0.2, 0) is 10.4 Å². The van der Waals surface area contributed by atoms with Crippen molar-refractivity contribution >= 4 is 23.2 Å². The van der Waals surface area contributed by atoms with Crippen LogP contribution in [0.5, 0.6) is 5.75 Å². The first kappa shape index (κ1) is 20.8. The number of hydrogen-bond acceptors (Lipinski definition) is 7. The third kappa shape index (κ3) is 4.10. The van der Waals surface area contributed by atoms with E-state index in [0.717, 1.165) is 11.3 Å². The fourth-order valence-corrected chi connectivity index (χ4v) is 3.72. The lowest BCUT2D eigenvalue weighted by molar-refractivity contribution is -0.135. The number of ether oxygens (including phenoxy) is 1. The number of amides is 2. The molecule has 8 nitrogen and oxygen atoms in total. The van der Waals surface area contributed by atoms with E-state index in [-0.39, 0.29) is 11.6 Å². The van der Waals surface area contributed by atoms with Gasteiger partial charge in [-0.3, -0.25) is 9.59 Å². The molecule has 2 unspecified atom stereocenters. The van der Waals surface area contributed by atoms with Crippen LogP contribution in [-0.4, -0.2) is 58.2 Å². The Hall–Kier alpha value is -2.93. The summed E-state index contributed by atoms with van der Waals surface area (Å²) in [6, 6.07) is 5.02. The summed E-state index contributed by atoms with van der Waals surface area (Å²) in [7, 11) is 1.58. The number of carbonyl (C=O) groups is 2. The Morgan fingerprint density at radius 3 is 2.86 bits per heavy atom. The van der Waals surface area contributed by atoms with Gasteiger partial charge in [-0.15, -0.1) is 11.3 Å². The maximum atomic E-state index is 11.9. The van der Waals surface area contributed by atoms with Crippen molar-refractivity contribution in [2.24, 2.45) is 5.73 Å². The molecule has 29 heavy (non-hydrogen) atoms. The van der Waals surface area contributed by atoms with Crippen LogP contribution in [0.4, 0.5) is 0 Å². The number of likely N-dealkylation sites (N-methyl/N-ethyl adjacent to an activating group) is 1. The minimum absolute atomic E-state index is 0.0189. The Balaban J connectivity index is 2.03. The number of thiazole rings is 1. The maximum absolute atomic E-state index is 11.9. The van der Waals surface area contributed by atoms with Gasteiger partial charge in [0.25, 0.3) is 11.8 Å². The van der Waals surface area contributed by atoms with E-state index in [0.29, 0.717) is 34.0 Å². The molecule has 2 heterocycles. The van der Waals surface area contributed by atoms with Crippen LogP contribution in [0.25, 0.3) is 11.3 Å². The van der Waals surface area contributed by atoms with Gasteiger partial charge in [-0.1, -0.05) is 11.8 Å². The Kier molecular flexibility index (Phi) is 5.61. The number of nitrogens with two attached hydrogens (primary N) is 1. The van der Waals surface area contributed by atoms with E-state index < -0.39 is 23.5 Å². The number of nitrogens with zero attached hydrogens (tertiary/aromatic N) is 2. The van der Waals surface area contributed by atoms with Crippen LogP contribution in [0.1, 0.15) is 34.1 Å². The smallest absolute Gasteiger partial charge is 0.277 e. The van der Waals surface area contributed by atoms with Crippen molar-refractivity contribution in [1.29, 1.82) is 0 Å². The zero-order chi connectivity index (χ0) is 21.3. The quantitative estimate of drug-likeness (QED) is 0.634. The maximum Gasteiger partial charge on any atom is 0.277 e. The number of aromatic nitrogens is 1. The summed E-state index contributed by atoms with van der Waals surface area (Å²) in [5.74, 6) is 4.61. The summed E-state index contributed by atoms with van der Waals surface area (Å²) >= 11 is 1.02. The molecule has 0 bridgehead atoms. The van der Waals surface area contributed by atoms with E-state index >= 15 is 0 Å². The van der Waals surface area contributed by atoms with Crippen LogP contribution in [0, 0.1) is 11.8 Å². The Morgan fingerprint density at radius 1 is 1.48 bits per heavy atom. The summed E-state index contributed by atoms with van der Waals surface area (Å²) in [5, 5.41) is 20.8. The van der Waals surface area contributed by atoms with Gasteiger partial charge in [0.05, 0.1) is 10.6 Å². The first-order valence-electron chi connectivity index (χ1n) is 8.89. The highest BCUT2D eigenvalue weighted by atomic mass is 32.1. The van der Waals surface area contributed by atoms with Crippen molar-refractivity contribution in [2.75, 3.05) is 20.2 Å². The molecule has 9 heteroatoms. The molecule has 1 aromatic carbocycles. The second kappa shape index (κ2) is 7.83. The van der Waals surface area contributed by atoms with Gasteiger partial charge in [-0.25, -0.2) is 4.98 Å². The van der Waals surface area contributed by atoms with Gasteiger partial charge in [0.1, 0.15) is 18.0 Å². The first-order valence-corrected chi connectivity index (χ1v) is 9.71. The number of primary amides is 1. The SMILES string of the molecule is CCN(C)C(=O)C(O)C#Cc1ccc2c(c1)-c1nc(C(N)=O)sc1C(C)(O)CO2. The Morgan fingerprint density at radius 2 is 2.21 bits per heavy atom. The number of carbonyl (C=O) groups excluding carboxylic acids is 2. The lowest BCUT2D eigenvalue weighted by Gasteiger charge is -2.19. The zero-order valence-corrected chi connectivity index (χ0v) is 17.0. The highest BCUT2D eigenvalue weighted by molar-refractivity contribution is 7.14. The van der Waals surface area contributed by atoms with E-state index in [9.17, 15) is 19.8 Å². The summed E-state index contributed by atoms with van der Waals surface area (Å²) in [4.78, 5) is 29.7. The molecule has 0 saturated heterocycles. The first-order chi connectivity index (χ1) is 13.6. The Labute approximate surface area is 171 Å². The molecule has 0 spiro atoms. The van der Waals surface area contributed by atoms with Crippen molar-refractivity contribution < 1.29 is 24.5 Å². The van der Waals surface area contributed by atoms with Gasteiger partial charge < -0.3 is 25.6 Å². The minimum atomic E-state index is -1.44. The average molecular weight is 415 g/mol. The largest absolute Gasteiger partial charge is 0.489 e. The van der Waals surface area contributed by atoms with Gasteiger partial charge in [0.15, 0.2) is 11.1 Å². The minimum Gasteiger partial charge on any atom is -0.489 e. The van der Waals surface area contributed by atoms with E-state index in [1.807, 2.05) is 0 Å². The fourth-order valence-electron chi connectivity index (χ4n) is 2.75. The molecule has 152 valence electrons. The second-order valence-corrected chi connectivity index (χ2v) is 7.86. The molecule has 2 atom stereocenters. The second-order valence-electron chi connectivity index (χ2n) is 6.86. The molecule has 4 N–H and O–H groups in total. The highest BCUT2D eigenvalue weighted by Crippen LogP contribution is 2.43. The van der Waals surface area contributed by atoms with E-state index in [1.54, 1.807) is 39.1 Å². The van der Waals surface area contributed by atoms with Crippen LogP contribution >= 0.6 is 11.3 Å². The number of aliphatic hydroxyl groups excluding tert-OH is 1. The summed E-state index contributed by atoms with van der Waals surface area (Å²) in [5.41, 5.74) is 5.46. The molecule has 1 aromatic heterocycles. The number of hydrogen-bond donors (Lipinski definition) is 3. The van der Waals surface area contributed by atoms with Gasteiger partial charge in [-0.2, -0.15) is 0 Å². The van der Waals surface area contributed by atoms with Gasteiger partial charge in [-0.05, 0) is 32.0 Å². The third-order valence-electron chi connectivity index (χ3n) is 4.51. The lowest BCUT2D eigenvalue weighted by Crippen LogP contribution is -2.35. The summed E-state index contributed by atoms with van der Waals surface area (Å²) in [6.45, 7) is 3.82. The monoisotopic (exact) mass is 415 g/mol. The van der Waals surface area contributed by atoms with Gasteiger partial charge >= 0.3 is 0 Å². The number of fused-ring (bicyclic) bond motifs is 3.